The SMILES string of the molecule is N#CCS(=O)(=O)Nc1ccc(CO)cc1. The molecule has 2 N–H and O–H groups in total. The highest BCUT2D eigenvalue weighted by Gasteiger charge is 2.08. The van der Waals surface area contributed by atoms with Crippen molar-refractivity contribution in [1.29, 1.82) is 5.26 Å². The molecule has 6 heteroatoms. The van der Waals surface area contributed by atoms with Crippen LogP contribution in [0.15, 0.2) is 24.3 Å². The second-order valence-corrected chi connectivity index (χ2v) is 4.60. The van der Waals surface area contributed by atoms with Gasteiger partial charge in [0.15, 0.2) is 5.75 Å². The summed E-state index contributed by atoms with van der Waals surface area (Å²) in [4.78, 5) is 0. The van der Waals surface area contributed by atoms with Crippen LogP contribution >= 0.6 is 0 Å². The standard InChI is InChI=1S/C9H10N2O3S/c10-5-6-15(13,14)11-9-3-1-8(7-12)2-4-9/h1-4,11-12H,6-7H2. The molecular formula is C9H10N2O3S. The first-order chi connectivity index (χ1) is 7.07. The number of hydrogen-bond donors (Lipinski definition) is 2. The van der Waals surface area contributed by atoms with Gasteiger partial charge in [0, 0.05) is 5.69 Å². The van der Waals surface area contributed by atoms with Crippen LogP contribution in [0.1, 0.15) is 5.56 Å². The molecule has 5 nitrogen and oxygen atoms in total. The molecule has 0 aliphatic rings. The number of aliphatic hydroxyl groups is 1. The Labute approximate surface area is 88.0 Å². The van der Waals surface area contributed by atoms with Crippen molar-refractivity contribution in [2.24, 2.45) is 0 Å². The molecule has 0 radical (unpaired) electrons. The average Bonchev–Trinajstić information content (AvgIpc) is 2.18. The van der Waals surface area contributed by atoms with Crippen molar-refractivity contribution >= 4 is 15.7 Å². The van der Waals surface area contributed by atoms with Gasteiger partial charge in [-0.1, -0.05) is 12.1 Å². The van der Waals surface area contributed by atoms with Crippen LogP contribution in [0, 0.1) is 11.3 Å². The van der Waals surface area contributed by atoms with Crippen molar-refractivity contribution in [3.63, 3.8) is 0 Å². The Kier molecular flexibility index (Phi) is 3.66. The van der Waals surface area contributed by atoms with Crippen LogP contribution in [0.3, 0.4) is 0 Å². The van der Waals surface area contributed by atoms with E-state index in [1.165, 1.54) is 12.1 Å². The minimum absolute atomic E-state index is 0.0920. The van der Waals surface area contributed by atoms with Crippen LogP contribution in [0.25, 0.3) is 0 Å². The van der Waals surface area contributed by atoms with Gasteiger partial charge >= 0.3 is 0 Å². The molecule has 0 amide bonds. The zero-order valence-corrected chi connectivity index (χ0v) is 8.66. The Bertz CT molecular complexity index is 459. The van der Waals surface area contributed by atoms with E-state index in [2.05, 4.69) is 4.72 Å². The third-order valence-corrected chi connectivity index (χ3v) is 2.72. The highest BCUT2D eigenvalue weighted by atomic mass is 32.2. The molecule has 0 saturated heterocycles. The maximum absolute atomic E-state index is 11.2. The molecule has 1 aromatic rings. The van der Waals surface area contributed by atoms with Gasteiger partial charge in [0.05, 0.1) is 12.7 Å². The first kappa shape index (κ1) is 11.5. The molecule has 0 aromatic heterocycles. The van der Waals surface area contributed by atoms with E-state index < -0.39 is 15.8 Å². The lowest BCUT2D eigenvalue weighted by Crippen LogP contribution is -2.15. The summed E-state index contributed by atoms with van der Waals surface area (Å²) in [5.41, 5.74) is 1.07. The predicted molar refractivity (Wildman–Crippen MR) is 55.4 cm³/mol. The molecule has 1 aromatic carbocycles. The molecule has 0 heterocycles. The van der Waals surface area contributed by atoms with E-state index in [9.17, 15) is 8.42 Å². The summed E-state index contributed by atoms with van der Waals surface area (Å²) in [6.07, 6.45) is 0. The minimum Gasteiger partial charge on any atom is -0.392 e. The number of aliphatic hydroxyl groups excluding tert-OH is 1. The molecule has 0 aliphatic carbocycles. The number of anilines is 1. The van der Waals surface area contributed by atoms with E-state index >= 15 is 0 Å². The molecule has 15 heavy (non-hydrogen) atoms. The number of rotatable bonds is 4. The third-order valence-electron chi connectivity index (χ3n) is 1.66. The van der Waals surface area contributed by atoms with Gasteiger partial charge in [-0.25, -0.2) is 8.42 Å². The van der Waals surface area contributed by atoms with Gasteiger partial charge in [-0.05, 0) is 17.7 Å². The molecule has 0 fully saturated rings. The number of sulfonamides is 1. The fraction of sp³-hybridized carbons (Fsp3) is 0.222. The van der Waals surface area contributed by atoms with Crippen molar-refractivity contribution in [1.82, 2.24) is 0 Å². The van der Waals surface area contributed by atoms with Crippen molar-refractivity contribution in [3.05, 3.63) is 29.8 Å². The van der Waals surface area contributed by atoms with Crippen LogP contribution in [0.2, 0.25) is 0 Å². The molecule has 0 atom stereocenters. The first-order valence-corrected chi connectivity index (χ1v) is 5.80. The van der Waals surface area contributed by atoms with Gasteiger partial charge < -0.3 is 5.11 Å². The number of benzene rings is 1. The van der Waals surface area contributed by atoms with E-state index in [1.54, 1.807) is 18.2 Å². The maximum atomic E-state index is 11.2. The maximum Gasteiger partial charge on any atom is 0.246 e. The van der Waals surface area contributed by atoms with Gasteiger partial charge in [-0.15, -0.1) is 0 Å². The Morgan fingerprint density at radius 3 is 2.40 bits per heavy atom. The number of nitriles is 1. The highest BCUT2D eigenvalue weighted by molar-refractivity contribution is 7.92. The third kappa shape index (κ3) is 3.58. The van der Waals surface area contributed by atoms with Crippen molar-refractivity contribution < 1.29 is 13.5 Å². The van der Waals surface area contributed by atoms with Gasteiger partial charge in [0.1, 0.15) is 0 Å². The summed E-state index contributed by atoms with van der Waals surface area (Å²) in [6, 6.07) is 7.82. The fourth-order valence-electron chi connectivity index (χ4n) is 0.979. The quantitative estimate of drug-likeness (QED) is 0.779. The number of nitrogens with zero attached hydrogens (tertiary/aromatic N) is 1. The van der Waals surface area contributed by atoms with Crippen molar-refractivity contribution in [2.75, 3.05) is 10.5 Å². The smallest absolute Gasteiger partial charge is 0.246 e. The molecule has 80 valence electrons. The second-order valence-electron chi connectivity index (χ2n) is 2.87. The van der Waals surface area contributed by atoms with E-state index in [-0.39, 0.29) is 6.61 Å². The molecule has 0 spiro atoms. The van der Waals surface area contributed by atoms with E-state index in [0.29, 0.717) is 11.3 Å². The normalized spacial score (nSPS) is 10.7. The summed E-state index contributed by atoms with van der Waals surface area (Å²) in [5.74, 6) is -0.575. The molecule has 0 unspecified atom stereocenters. The molecule has 0 bridgehead atoms. The van der Waals surface area contributed by atoms with E-state index in [1.807, 2.05) is 0 Å². The minimum atomic E-state index is -3.58. The van der Waals surface area contributed by atoms with Gasteiger partial charge in [-0.3, -0.25) is 4.72 Å². The van der Waals surface area contributed by atoms with Crippen molar-refractivity contribution in [3.8, 4) is 6.07 Å². The van der Waals surface area contributed by atoms with Crippen LogP contribution in [-0.4, -0.2) is 19.3 Å². The summed E-state index contributed by atoms with van der Waals surface area (Å²) in [7, 11) is -3.58. The summed E-state index contributed by atoms with van der Waals surface area (Å²) >= 11 is 0. The van der Waals surface area contributed by atoms with Crippen molar-refractivity contribution in [2.45, 2.75) is 6.61 Å². The van der Waals surface area contributed by atoms with Crippen LogP contribution < -0.4 is 4.72 Å². The second kappa shape index (κ2) is 4.77. The Hall–Kier alpha value is -1.58. The average molecular weight is 226 g/mol. The molecule has 1 rings (SSSR count). The Morgan fingerprint density at radius 2 is 1.93 bits per heavy atom. The van der Waals surface area contributed by atoms with E-state index in [4.69, 9.17) is 10.4 Å². The lowest BCUT2D eigenvalue weighted by Gasteiger charge is -2.05. The topological polar surface area (TPSA) is 90.2 Å². The van der Waals surface area contributed by atoms with Crippen LogP contribution in [-0.2, 0) is 16.6 Å². The van der Waals surface area contributed by atoms with Crippen LogP contribution in [0.4, 0.5) is 5.69 Å². The highest BCUT2D eigenvalue weighted by Crippen LogP contribution is 2.11. The summed E-state index contributed by atoms with van der Waals surface area (Å²) < 4.78 is 24.6. The van der Waals surface area contributed by atoms with Gasteiger partial charge in [0.25, 0.3) is 0 Å². The monoisotopic (exact) mass is 226 g/mol. The number of hydrogen-bond acceptors (Lipinski definition) is 4. The van der Waals surface area contributed by atoms with Gasteiger partial charge in [0.2, 0.25) is 10.0 Å². The Balaban J connectivity index is 2.78. The van der Waals surface area contributed by atoms with Gasteiger partial charge in [-0.2, -0.15) is 5.26 Å². The zero-order valence-electron chi connectivity index (χ0n) is 7.84. The zero-order chi connectivity index (χ0) is 11.3. The molecule has 0 aliphatic heterocycles. The lowest BCUT2D eigenvalue weighted by atomic mass is 10.2. The summed E-state index contributed by atoms with van der Waals surface area (Å²) in [5, 5.41) is 17.0. The van der Waals surface area contributed by atoms with E-state index in [0.717, 1.165) is 0 Å². The van der Waals surface area contributed by atoms with Crippen LogP contribution in [0.5, 0.6) is 0 Å². The summed E-state index contributed by atoms with van der Waals surface area (Å²) in [6.45, 7) is -0.0920. The lowest BCUT2D eigenvalue weighted by molar-refractivity contribution is 0.282. The molecular weight excluding hydrogens is 216 g/mol. The first-order valence-electron chi connectivity index (χ1n) is 4.14. The largest absolute Gasteiger partial charge is 0.392 e. The predicted octanol–water partition coefficient (Wildman–Crippen LogP) is 0.444. The molecule has 0 saturated carbocycles. The Morgan fingerprint density at radius 1 is 1.33 bits per heavy atom. The number of nitrogens with one attached hydrogen (secondary N) is 1. The fourth-order valence-corrected chi connectivity index (χ4v) is 1.72.